The van der Waals surface area contributed by atoms with Gasteiger partial charge in [0.05, 0.1) is 0 Å². The van der Waals surface area contributed by atoms with Gasteiger partial charge in [-0.1, -0.05) is 0 Å². The number of hydrogen-bond donors (Lipinski definition) is 0. The zero-order chi connectivity index (χ0) is 8.55. The van der Waals surface area contributed by atoms with Crippen LogP contribution in [-0.2, 0) is 0 Å². The summed E-state index contributed by atoms with van der Waals surface area (Å²) in [6, 6.07) is 5.25. The SMILES string of the molecule is CC(=O)c1ccc2c(c1)O[I-]O2. The van der Waals surface area contributed by atoms with Crippen molar-refractivity contribution >= 4 is 5.78 Å². The molecular weight excluding hydrogens is 271 g/mol. The van der Waals surface area contributed by atoms with Crippen LogP contribution in [0.3, 0.4) is 0 Å². The molecular formula is C8H6IO3-. The molecule has 1 aromatic carbocycles. The van der Waals surface area contributed by atoms with Crippen LogP contribution in [0.1, 0.15) is 17.3 Å². The molecule has 0 bridgehead atoms. The van der Waals surface area contributed by atoms with E-state index in [0.29, 0.717) is 11.3 Å². The molecule has 0 radical (unpaired) electrons. The maximum absolute atomic E-state index is 11.0. The second-order valence-electron chi connectivity index (χ2n) is 2.43. The number of carbonyl (C=O) groups is 1. The van der Waals surface area contributed by atoms with Crippen molar-refractivity contribution in [3.8, 4) is 11.5 Å². The van der Waals surface area contributed by atoms with E-state index in [1.54, 1.807) is 18.2 Å². The van der Waals surface area contributed by atoms with Crippen LogP contribution in [0, 0.1) is 0 Å². The van der Waals surface area contributed by atoms with E-state index in [4.69, 9.17) is 6.13 Å². The molecule has 0 fully saturated rings. The van der Waals surface area contributed by atoms with Crippen molar-refractivity contribution in [2.24, 2.45) is 0 Å². The average Bonchev–Trinajstić information content (AvgIpc) is 2.49. The predicted octanol–water partition coefficient (Wildman–Crippen LogP) is -1.42. The first kappa shape index (κ1) is 7.85. The summed E-state index contributed by atoms with van der Waals surface area (Å²) >= 11 is -0.631. The molecule has 0 atom stereocenters. The first-order chi connectivity index (χ1) is 5.77. The Bertz CT molecular complexity index is 335. The molecule has 0 saturated carbocycles. The number of Topliss-reactive ketones (excluding diaryl/α,β-unsaturated/α-hetero) is 1. The summed E-state index contributed by atoms with van der Waals surface area (Å²) in [6.07, 6.45) is 0. The van der Waals surface area contributed by atoms with Crippen LogP contribution in [0.25, 0.3) is 0 Å². The van der Waals surface area contributed by atoms with Gasteiger partial charge in [-0.2, -0.15) is 0 Å². The van der Waals surface area contributed by atoms with Crippen LogP contribution >= 0.6 is 0 Å². The molecule has 3 nitrogen and oxygen atoms in total. The van der Waals surface area contributed by atoms with E-state index in [0.717, 1.165) is 5.75 Å². The standard InChI is InChI=1S/C8H6IO3/c1-5(10)6-2-3-7-8(4-6)12-9-11-7/h2-4H,1H3/q-1. The van der Waals surface area contributed by atoms with E-state index < -0.39 is 22.0 Å². The van der Waals surface area contributed by atoms with Gasteiger partial charge in [0, 0.05) is 0 Å². The van der Waals surface area contributed by atoms with E-state index in [1.807, 2.05) is 0 Å². The van der Waals surface area contributed by atoms with Crippen molar-refractivity contribution in [2.75, 3.05) is 0 Å². The van der Waals surface area contributed by atoms with E-state index in [9.17, 15) is 4.79 Å². The van der Waals surface area contributed by atoms with Gasteiger partial charge in [-0.3, -0.25) is 0 Å². The van der Waals surface area contributed by atoms with Gasteiger partial charge in [0.25, 0.3) is 0 Å². The summed E-state index contributed by atoms with van der Waals surface area (Å²) < 4.78 is 10.4. The van der Waals surface area contributed by atoms with Crippen LogP contribution in [0.2, 0.25) is 0 Å². The van der Waals surface area contributed by atoms with Crippen molar-refractivity contribution in [1.29, 1.82) is 0 Å². The summed E-state index contributed by atoms with van der Waals surface area (Å²) in [7, 11) is 0. The molecule has 1 aliphatic rings. The van der Waals surface area contributed by atoms with Gasteiger partial charge >= 0.3 is 80.9 Å². The Morgan fingerprint density at radius 1 is 1.33 bits per heavy atom. The molecule has 0 aliphatic carbocycles. The molecule has 2 rings (SSSR count). The molecule has 0 aromatic heterocycles. The number of carbonyl (C=O) groups excluding carboxylic acids is 1. The topological polar surface area (TPSA) is 35.5 Å². The molecule has 0 N–H and O–H groups in total. The Morgan fingerprint density at radius 2 is 2.08 bits per heavy atom. The van der Waals surface area contributed by atoms with E-state index in [-0.39, 0.29) is 5.78 Å². The van der Waals surface area contributed by atoms with Crippen molar-refractivity contribution < 1.29 is 33.0 Å². The van der Waals surface area contributed by atoms with Gasteiger partial charge in [0.2, 0.25) is 0 Å². The van der Waals surface area contributed by atoms with Gasteiger partial charge < -0.3 is 0 Å². The molecule has 1 aromatic rings. The zero-order valence-corrected chi connectivity index (χ0v) is 8.49. The molecule has 0 amide bonds. The van der Waals surface area contributed by atoms with E-state index in [2.05, 4.69) is 0 Å². The molecule has 0 saturated heterocycles. The van der Waals surface area contributed by atoms with E-state index >= 15 is 0 Å². The van der Waals surface area contributed by atoms with Crippen LogP contribution in [0.5, 0.6) is 11.5 Å². The third kappa shape index (κ3) is 1.26. The third-order valence-electron chi connectivity index (χ3n) is 1.58. The quantitative estimate of drug-likeness (QED) is 0.467. The summed E-state index contributed by atoms with van der Waals surface area (Å²) in [5, 5.41) is 0. The van der Waals surface area contributed by atoms with Crippen molar-refractivity contribution in [1.82, 2.24) is 0 Å². The number of hydrogen-bond acceptors (Lipinski definition) is 3. The van der Waals surface area contributed by atoms with Crippen LogP contribution in [-0.4, -0.2) is 5.78 Å². The number of rotatable bonds is 1. The summed E-state index contributed by atoms with van der Waals surface area (Å²) in [5.74, 6) is 1.51. The fraction of sp³-hybridized carbons (Fsp3) is 0.125. The number of halogens is 1. The monoisotopic (exact) mass is 277 g/mol. The first-order valence-corrected chi connectivity index (χ1v) is 5.17. The molecule has 64 valence electrons. The maximum atomic E-state index is 11.0. The number of benzene rings is 1. The van der Waals surface area contributed by atoms with Crippen LogP contribution < -0.4 is 28.2 Å². The van der Waals surface area contributed by atoms with Gasteiger partial charge in [0.15, 0.2) is 0 Å². The Kier molecular flexibility index (Phi) is 1.92. The molecule has 12 heavy (non-hydrogen) atoms. The molecule has 1 heterocycles. The Morgan fingerprint density at radius 3 is 2.83 bits per heavy atom. The Hall–Kier alpha value is -0.780. The summed E-state index contributed by atoms with van der Waals surface area (Å²) in [4.78, 5) is 11.0. The number of ketones is 1. The van der Waals surface area contributed by atoms with Gasteiger partial charge in [-0.05, 0) is 0 Å². The Balaban J connectivity index is 2.45. The normalized spacial score (nSPS) is 13.8. The second kappa shape index (κ2) is 2.93. The summed E-state index contributed by atoms with van der Waals surface area (Å²) in [5.41, 5.74) is 0.670. The van der Waals surface area contributed by atoms with Gasteiger partial charge in [-0.15, -0.1) is 0 Å². The fourth-order valence-electron chi connectivity index (χ4n) is 0.935. The average molecular weight is 277 g/mol. The van der Waals surface area contributed by atoms with Crippen molar-refractivity contribution in [3.05, 3.63) is 23.8 Å². The first-order valence-electron chi connectivity index (χ1n) is 3.41. The van der Waals surface area contributed by atoms with Crippen LogP contribution in [0.4, 0.5) is 0 Å². The van der Waals surface area contributed by atoms with Gasteiger partial charge in [-0.25, -0.2) is 0 Å². The van der Waals surface area contributed by atoms with Crippen molar-refractivity contribution in [3.63, 3.8) is 0 Å². The molecule has 4 heteroatoms. The third-order valence-corrected chi connectivity index (χ3v) is 2.89. The minimum atomic E-state index is -0.631. The second-order valence-corrected chi connectivity index (χ2v) is 3.68. The van der Waals surface area contributed by atoms with E-state index in [1.165, 1.54) is 6.92 Å². The molecule has 0 spiro atoms. The fourth-order valence-corrected chi connectivity index (χ4v) is 2.12. The predicted molar refractivity (Wildman–Crippen MR) is 37.7 cm³/mol. The zero-order valence-electron chi connectivity index (χ0n) is 6.33. The van der Waals surface area contributed by atoms with Crippen LogP contribution in [0.15, 0.2) is 18.2 Å². The van der Waals surface area contributed by atoms with Crippen molar-refractivity contribution in [2.45, 2.75) is 6.92 Å². The Labute approximate surface area is 81.0 Å². The molecule has 0 unspecified atom stereocenters. The minimum absolute atomic E-state index is 0.0477. The summed E-state index contributed by atoms with van der Waals surface area (Å²) in [6.45, 7) is 1.53. The number of fused-ring (bicyclic) bond motifs is 1. The van der Waals surface area contributed by atoms with Gasteiger partial charge in [0.1, 0.15) is 0 Å². The molecule has 1 aliphatic heterocycles.